The Labute approximate surface area is 86.3 Å². The lowest BCUT2D eigenvalue weighted by Crippen LogP contribution is -2.68. The summed E-state index contributed by atoms with van der Waals surface area (Å²) in [6.07, 6.45) is 6.92. The van der Waals surface area contributed by atoms with Crippen molar-refractivity contribution in [3.63, 3.8) is 0 Å². The van der Waals surface area contributed by atoms with Crippen molar-refractivity contribution < 1.29 is 0 Å². The minimum absolute atomic E-state index is 0. The highest BCUT2D eigenvalue weighted by Crippen LogP contribution is 2.43. The van der Waals surface area contributed by atoms with Crippen molar-refractivity contribution in [1.82, 2.24) is 4.90 Å². The maximum Gasteiger partial charge on any atom is 0.0289 e. The summed E-state index contributed by atoms with van der Waals surface area (Å²) < 4.78 is 0. The summed E-state index contributed by atoms with van der Waals surface area (Å²) in [5, 5.41) is 0. The lowest BCUT2D eigenvalue weighted by atomic mass is 9.64. The van der Waals surface area contributed by atoms with Gasteiger partial charge in [-0.1, -0.05) is 6.42 Å². The molecule has 4 aliphatic rings. The van der Waals surface area contributed by atoms with Crippen molar-refractivity contribution in [2.45, 2.75) is 43.7 Å². The van der Waals surface area contributed by atoms with Crippen LogP contribution in [0.5, 0.6) is 0 Å². The van der Waals surface area contributed by atoms with Crippen LogP contribution in [0.3, 0.4) is 0 Å². The largest absolute Gasteiger partial charge is 0.324 e. The Hall–Kier alpha value is 0.210. The first kappa shape index (κ1) is 9.75. The Morgan fingerprint density at radius 2 is 1.92 bits per heavy atom. The molecule has 4 rings (SSSR count). The highest BCUT2D eigenvalue weighted by Gasteiger charge is 2.48. The van der Waals surface area contributed by atoms with Crippen LogP contribution in [0.15, 0.2) is 0 Å². The minimum atomic E-state index is 0. The van der Waals surface area contributed by atoms with E-state index in [0.717, 1.165) is 12.0 Å². The van der Waals surface area contributed by atoms with E-state index >= 15 is 0 Å². The molecule has 2 saturated carbocycles. The number of piperidine rings is 2. The molecule has 2 heterocycles. The summed E-state index contributed by atoms with van der Waals surface area (Å²) in [4.78, 5) is 2.65. The average Bonchev–Trinajstić information content (AvgIpc) is 1.78. The molecular formula is C10H19ClN2. The first-order chi connectivity index (χ1) is 5.75. The predicted octanol–water partition coefficient (Wildman–Crippen LogP) is 1.38. The first-order valence-electron chi connectivity index (χ1n) is 5.28. The molecule has 2 nitrogen and oxygen atoms in total. The molecule has 2 aliphatic carbocycles. The molecule has 13 heavy (non-hydrogen) atoms. The number of fused-ring (bicyclic) bond motifs is 2. The number of hydrogen-bond acceptors (Lipinski definition) is 2. The lowest BCUT2D eigenvalue weighted by Gasteiger charge is -2.57. The Morgan fingerprint density at radius 1 is 1.23 bits per heavy atom. The van der Waals surface area contributed by atoms with Crippen molar-refractivity contribution >= 4 is 12.4 Å². The van der Waals surface area contributed by atoms with E-state index in [0.29, 0.717) is 0 Å². The van der Waals surface area contributed by atoms with Crippen LogP contribution in [-0.4, -0.2) is 29.6 Å². The van der Waals surface area contributed by atoms with Gasteiger partial charge < -0.3 is 5.73 Å². The van der Waals surface area contributed by atoms with Gasteiger partial charge in [-0.3, -0.25) is 4.90 Å². The van der Waals surface area contributed by atoms with Gasteiger partial charge in [0.2, 0.25) is 0 Å². The summed E-state index contributed by atoms with van der Waals surface area (Å²) in [6.45, 7) is 2.54. The number of halogens is 1. The van der Waals surface area contributed by atoms with E-state index in [1.165, 1.54) is 45.2 Å². The van der Waals surface area contributed by atoms with E-state index in [4.69, 9.17) is 5.73 Å². The molecule has 0 aromatic heterocycles. The normalized spacial score (nSPS) is 44.5. The van der Waals surface area contributed by atoms with Crippen molar-refractivity contribution in [3.05, 3.63) is 0 Å². The van der Waals surface area contributed by atoms with Gasteiger partial charge in [0.25, 0.3) is 0 Å². The highest BCUT2D eigenvalue weighted by molar-refractivity contribution is 5.85. The molecule has 0 spiro atoms. The van der Waals surface area contributed by atoms with Crippen LogP contribution in [0.2, 0.25) is 0 Å². The monoisotopic (exact) mass is 202 g/mol. The molecule has 2 saturated heterocycles. The van der Waals surface area contributed by atoms with Crippen LogP contribution < -0.4 is 5.73 Å². The zero-order valence-electron chi connectivity index (χ0n) is 8.04. The molecule has 0 aromatic carbocycles. The van der Waals surface area contributed by atoms with E-state index in [1.54, 1.807) is 0 Å². The second-order valence-corrected chi connectivity index (χ2v) is 5.15. The average molecular weight is 203 g/mol. The maximum atomic E-state index is 6.21. The molecule has 0 aromatic rings. The van der Waals surface area contributed by atoms with E-state index in [2.05, 4.69) is 4.90 Å². The molecule has 76 valence electrons. The van der Waals surface area contributed by atoms with Gasteiger partial charge in [-0.15, -0.1) is 12.4 Å². The van der Waals surface area contributed by atoms with Crippen molar-refractivity contribution in [3.8, 4) is 0 Å². The zero-order valence-corrected chi connectivity index (χ0v) is 8.85. The Balaban J connectivity index is 0.000000653. The molecule has 0 atom stereocenters. The van der Waals surface area contributed by atoms with Gasteiger partial charge in [-0.05, 0) is 31.6 Å². The Bertz CT molecular complexity index is 197. The standard InChI is InChI=1S/C10H18N2.ClH/c11-10-4-8(5-10)6-12(7-10)9-2-1-3-9;/h8-9H,1-7,11H2;1H. The molecule has 2 bridgehead atoms. The first-order valence-corrected chi connectivity index (χ1v) is 5.28. The second kappa shape index (κ2) is 3.11. The Kier molecular flexibility index (Phi) is 2.33. The van der Waals surface area contributed by atoms with Crippen LogP contribution in [0.1, 0.15) is 32.1 Å². The summed E-state index contributed by atoms with van der Waals surface area (Å²) in [7, 11) is 0. The summed E-state index contributed by atoms with van der Waals surface area (Å²) >= 11 is 0. The van der Waals surface area contributed by atoms with E-state index in [9.17, 15) is 0 Å². The molecule has 0 amide bonds. The molecule has 2 aliphatic heterocycles. The smallest absolute Gasteiger partial charge is 0.0289 e. The lowest BCUT2D eigenvalue weighted by molar-refractivity contribution is -0.0370. The van der Waals surface area contributed by atoms with E-state index in [1.807, 2.05) is 0 Å². The van der Waals surface area contributed by atoms with Crippen molar-refractivity contribution in [2.75, 3.05) is 13.1 Å². The summed E-state index contributed by atoms with van der Waals surface area (Å²) in [5.74, 6) is 0.948. The number of nitrogens with zero attached hydrogens (tertiary/aromatic N) is 1. The van der Waals surface area contributed by atoms with E-state index in [-0.39, 0.29) is 17.9 Å². The predicted molar refractivity (Wildman–Crippen MR) is 56.1 cm³/mol. The summed E-state index contributed by atoms with van der Waals surface area (Å²) in [6, 6.07) is 0.913. The molecular weight excluding hydrogens is 184 g/mol. The van der Waals surface area contributed by atoms with Crippen LogP contribution in [0, 0.1) is 5.92 Å². The van der Waals surface area contributed by atoms with Gasteiger partial charge in [0.05, 0.1) is 0 Å². The SMILES string of the molecule is Cl.NC12CC(CN(C3CCC3)C1)C2. The van der Waals surface area contributed by atoms with Gasteiger partial charge in [-0.25, -0.2) is 0 Å². The van der Waals surface area contributed by atoms with Gasteiger partial charge in [-0.2, -0.15) is 0 Å². The van der Waals surface area contributed by atoms with Gasteiger partial charge >= 0.3 is 0 Å². The van der Waals surface area contributed by atoms with Crippen LogP contribution >= 0.6 is 12.4 Å². The number of rotatable bonds is 1. The highest BCUT2D eigenvalue weighted by atomic mass is 35.5. The summed E-state index contributed by atoms with van der Waals surface area (Å²) in [5.41, 5.74) is 6.44. The van der Waals surface area contributed by atoms with Crippen LogP contribution in [-0.2, 0) is 0 Å². The third-order valence-electron chi connectivity index (χ3n) is 3.99. The minimum Gasteiger partial charge on any atom is -0.324 e. The fraction of sp³-hybridized carbons (Fsp3) is 1.00. The van der Waals surface area contributed by atoms with E-state index < -0.39 is 0 Å². The van der Waals surface area contributed by atoms with Crippen LogP contribution in [0.4, 0.5) is 0 Å². The molecule has 2 N–H and O–H groups in total. The van der Waals surface area contributed by atoms with Gasteiger partial charge in [0.15, 0.2) is 0 Å². The number of hydrogen-bond donors (Lipinski definition) is 1. The topological polar surface area (TPSA) is 29.3 Å². The third kappa shape index (κ3) is 1.49. The third-order valence-corrected chi connectivity index (χ3v) is 3.99. The van der Waals surface area contributed by atoms with Crippen LogP contribution in [0.25, 0.3) is 0 Å². The number of nitrogens with two attached hydrogens (primary N) is 1. The molecule has 0 radical (unpaired) electrons. The van der Waals surface area contributed by atoms with Gasteiger partial charge in [0.1, 0.15) is 0 Å². The maximum absolute atomic E-state index is 6.21. The molecule has 3 heteroatoms. The van der Waals surface area contributed by atoms with Crippen molar-refractivity contribution in [1.29, 1.82) is 0 Å². The zero-order chi connectivity index (χ0) is 8.18. The van der Waals surface area contributed by atoms with Crippen molar-refractivity contribution in [2.24, 2.45) is 11.7 Å². The molecule has 4 fully saturated rings. The Morgan fingerprint density at radius 3 is 2.38 bits per heavy atom. The van der Waals surface area contributed by atoms with Gasteiger partial charge in [0, 0.05) is 24.7 Å². The quantitative estimate of drug-likeness (QED) is 0.697. The fourth-order valence-corrected chi connectivity index (χ4v) is 3.18. The fourth-order valence-electron chi connectivity index (χ4n) is 3.18. The second-order valence-electron chi connectivity index (χ2n) is 5.15. The molecule has 0 unspecified atom stereocenters.